The van der Waals surface area contributed by atoms with Crippen LogP contribution in [0.4, 0.5) is 0 Å². The van der Waals surface area contributed by atoms with Crippen molar-refractivity contribution in [2.45, 2.75) is 61.9 Å². The molecule has 1 aliphatic rings. The fourth-order valence-corrected chi connectivity index (χ4v) is 6.88. The van der Waals surface area contributed by atoms with E-state index in [2.05, 4.69) is 10.1 Å². The highest BCUT2D eigenvalue weighted by Crippen LogP contribution is 2.45. The van der Waals surface area contributed by atoms with Crippen LogP contribution in [0.15, 0.2) is 23.1 Å². The van der Waals surface area contributed by atoms with Crippen LogP contribution < -0.4 is 4.74 Å². The third-order valence-corrected chi connectivity index (χ3v) is 9.36. The molecule has 0 bridgehead atoms. The lowest BCUT2D eigenvalue weighted by molar-refractivity contribution is 0.0637. The summed E-state index contributed by atoms with van der Waals surface area (Å²) >= 11 is 1.29. The van der Waals surface area contributed by atoms with E-state index in [9.17, 15) is 18.6 Å². The van der Waals surface area contributed by atoms with Crippen molar-refractivity contribution in [2.24, 2.45) is 0 Å². The van der Waals surface area contributed by atoms with Crippen molar-refractivity contribution in [2.75, 3.05) is 7.11 Å². The van der Waals surface area contributed by atoms with Gasteiger partial charge in [-0.3, -0.25) is 0 Å². The molecule has 0 saturated heterocycles. The van der Waals surface area contributed by atoms with E-state index in [1.54, 1.807) is 43.5 Å². The van der Waals surface area contributed by atoms with Crippen LogP contribution in [-0.4, -0.2) is 51.2 Å². The van der Waals surface area contributed by atoms with Gasteiger partial charge < -0.3 is 14.9 Å². The number of aliphatic hydroxyl groups excluding tert-OH is 1. The minimum absolute atomic E-state index is 0.0872. The number of aromatic nitrogens is 3. The second-order valence-corrected chi connectivity index (χ2v) is 12.0. The third-order valence-electron chi connectivity index (χ3n) is 5.61. The van der Waals surface area contributed by atoms with Gasteiger partial charge in [0.05, 0.1) is 29.3 Å². The molecule has 3 aromatic rings. The molecule has 0 aliphatic heterocycles. The molecular formula is C20H25N3O5S2. The number of hydrogen-bond acceptors (Lipinski definition) is 8. The van der Waals surface area contributed by atoms with E-state index < -0.39 is 26.3 Å². The first-order chi connectivity index (χ1) is 13.9. The second-order valence-electron chi connectivity index (χ2n) is 8.59. The maximum absolute atomic E-state index is 13.4. The fraction of sp³-hybridized carbons (Fsp3) is 0.500. The summed E-state index contributed by atoms with van der Waals surface area (Å²) in [6, 6.07) is 4.99. The summed E-state index contributed by atoms with van der Waals surface area (Å²) in [7, 11) is -2.31. The number of imidazole rings is 1. The average Bonchev–Trinajstić information content (AvgIpc) is 3.16. The van der Waals surface area contributed by atoms with Crippen molar-refractivity contribution < 1.29 is 23.4 Å². The first-order valence-electron chi connectivity index (χ1n) is 9.57. The number of nitrogens with zero attached hydrogens (tertiary/aromatic N) is 3. The van der Waals surface area contributed by atoms with Gasteiger partial charge in [0.15, 0.2) is 9.84 Å². The largest absolute Gasteiger partial charge is 0.495 e. The molecule has 2 heterocycles. The Kier molecular flexibility index (Phi) is 4.77. The summed E-state index contributed by atoms with van der Waals surface area (Å²) < 4.78 is 32.8. The van der Waals surface area contributed by atoms with E-state index in [1.165, 1.54) is 18.4 Å². The Morgan fingerprint density at radius 3 is 2.57 bits per heavy atom. The molecule has 4 rings (SSSR count). The third kappa shape index (κ3) is 3.13. The van der Waals surface area contributed by atoms with Crippen LogP contribution >= 0.6 is 11.3 Å². The zero-order chi connectivity index (χ0) is 22.1. The smallest absolute Gasteiger partial charge is 0.213 e. The highest BCUT2D eigenvalue weighted by atomic mass is 32.2. The highest BCUT2D eigenvalue weighted by Gasteiger charge is 2.51. The number of ether oxygens (including phenoxy) is 1. The number of fused-ring (bicyclic) bond motifs is 1. The van der Waals surface area contributed by atoms with Gasteiger partial charge in [-0.15, -0.1) is 0 Å². The molecule has 1 saturated carbocycles. The van der Waals surface area contributed by atoms with Crippen molar-refractivity contribution in [3.63, 3.8) is 0 Å². The summed E-state index contributed by atoms with van der Waals surface area (Å²) in [4.78, 5) is 5.24. The molecule has 8 nitrogen and oxygen atoms in total. The number of aliphatic hydroxyl groups is 2. The van der Waals surface area contributed by atoms with E-state index in [1.807, 2.05) is 6.92 Å². The Hall–Kier alpha value is -2.01. The quantitative estimate of drug-likeness (QED) is 0.613. The molecule has 162 valence electrons. The second kappa shape index (κ2) is 6.74. The molecule has 0 atom stereocenters. The molecule has 0 unspecified atom stereocenters. The standard InChI is InChI=1S/C20H25N3O5S2/c1-11-16(23-18(21-11)29-17(22-23)19(2,3)25)12-6-7-14(28-5)15(8-12)30(26,27)20(4)9-13(24)10-20/h6-8,13,24-25H,9-10H2,1-5H3. The molecule has 0 spiro atoms. The van der Waals surface area contributed by atoms with Crippen LogP contribution in [0.1, 0.15) is 44.3 Å². The van der Waals surface area contributed by atoms with Crippen LogP contribution in [0, 0.1) is 6.92 Å². The maximum atomic E-state index is 13.4. The molecule has 1 aliphatic carbocycles. The van der Waals surface area contributed by atoms with Gasteiger partial charge in [-0.05, 0) is 58.7 Å². The van der Waals surface area contributed by atoms with E-state index >= 15 is 0 Å². The molecule has 1 fully saturated rings. The fourth-order valence-electron chi connectivity index (χ4n) is 3.88. The van der Waals surface area contributed by atoms with Gasteiger partial charge in [0, 0.05) is 5.56 Å². The molecule has 0 radical (unpaired) electrons. The Morgan fingerprint density at radius 1 is 1.33 bits per heavy atom. The number of sulfone groups is 1. The molecule has 0 amide bonds. The summed E-state index contributed by atoms with van der Waals surface area (Å²) in [6.07, 6.45) is -0.217. The lowest BCUT2D eigenvalue weighted by Gasteiger charge is -2.41. The van der Waals surface area contributed by atoms with Crippen molar-refractivity contribution in [3.05, 3.63) is 28.9 Å². The molecular weight excluding hydrogens is 426 g/mol. The number of aryl methyl sites for hydroxylation is 1. The van der Waals surface area contributed by atoms with Gasteiger partial charge in [-0.25, -0.2) is 17.9 Å². The van der Waals surface area contributed by atoms with Crippen LogP contribution in [0.2, 0.25) is 0 Å². The van der Waals surface area contributed by atoms with Gasteiger partial charge in [0.1, 0.15) is 21.3 Å². The molecule has 10 heteroatoms. The van der Waals surface area contributed by atoms with Crippen LogP contribution in [-0.2, 0) is 15.4 Å². The Balaban J connectivity index is 1.89. The van der Waals surface area contributed by atoms with Gasteiger partial charge in [-0.2, -0.15) is 5.10 Å². The molecule has 1 aromatic carbocycles. The van der Waals surface area contributed by atoms with E-state index in [4.69, 9.17) is 4.74 Å². The van der Waals surface area contributed by atoms with Crippen LogP contribution in [0.3, 0.4) is 0 Å². The summed E-state index contributed by atoms with van der Waals surface area (Å²) in [5, 5.41) is 25.0. The number of rotatable bonds is 5. The monoisotopic (exact) mass is 451 g/mol. The molecule has 2 N–H and O–H groups in total. The van der Waals surface area contributed by atoms with Gasteiger partial charge in [-0.1, -0.05) is 11.3 Å². The Morgan fingerprint density at radius 2 is 2.00 bits per heavy atom. The van der Waals surface area contributed by atoms with Crippen molar-refractivity contribution in [1.29, 1.82) is 0 Å². The minimum Gasteiger partial charge on any atom is -0.495 e. The molecule has 30 heavy (non-hydrogen) atoms. The number of hydrogen-bond donors (Lipinski definition) is 2. The normalized spacial score (nSPS) is 22.3. The highest BCUT2D eigenvalue weighted by molar-refractivity contribution is 7.93. The first-order valence-corrected chi connectivity index (χ1v) is 11.9. The maximum Gasteiger partial charge on any atom is 0.213 e. The predicted molar refractivity (Wildman–Crippen MR) is 114 cm³/mol. The van der Waals surface area contributed by atoms with E-state index in [-0.39, 0.29) is 23.5 Å². The van der Waals surface area contributed by atoms with Gasteiger partial charge >= 0.3 is 0 Å². The van der Waals surface area contributed by atoms with E-state index in [0.717, 1.165) is 0 Å². The molecule has 2 aromatic heterocycles. The number of benzene rings is 1. The first kappa shape index (κ1) is 21.2. The minimum atomic E-state index is -3.75. The van der Waals surface area contributed by atoms with Crippen molar-refractivity contribution >= 4 is 26.1 Å². The summed E-state index contributed by atoms with van der Waals surface area (Å²) in [6.45, 7) is 6.80. The van der Waals surface area contributed by atoms with Gasteiger partial charge in [0.2, 0.25) is 4.96 Å². The van der Waals surface area contributed by atoms with Crippen LogP contribution in [0.25, 0.3) is 16.2 Å². The van der Waals surface area contributed by atoms with Crippen molar-refractivity contribution in [3.8, 4) is 17.0 Å². The lowest BCUT2D eigenvalue weighted by atomic mass is 9.83. The van der Waals surface area contributed by atoms with Gasteiger partial charge in [0.25, 0.3) is 0 Å². The lowest BCUT2D eigenvalue weighted by Crippen LogP contribution is -2.50. The summed E-state index contributed by atoms with van der Waals surface area (Å²) in [5.74, 6) is 0.259. The average molecular weight is 452 g/mol. The topological polar surface area (TPSA) is 114 Å². The predicted octanol–water partition coefficient (Wildman–Crippen LogP) is 2.69. The summed E-state index contributed by atoms with van der Waals surface area (Å²) in [5.41, 5.74) is 0.893. The zero-order valence-corrected chi connectivity index (χ0v) is 19.1. The number of methoxy groups -OCH3 is 1. The van der Waals surface area contributed by atoms with E-state index in [0.29, 0.717) is 26.9 Å². The SMILES string of the molecule is COc1ccc(-c2c(C)nc3sc(C(C)(C)O)nn23)cc1S(=O)(=O)C1(C)CC(O)C1. The zero-order valence-electron chi connectivity index (χ0n) is 17.5. The Labute approximate surface area is 179 Å². The van der Waals surface area contributed by atoms with Crippen LogP contribution in [0.5, 0.6) is 5.75 Å². The van der Waals surface area contributed by atoms with Crippen molar-refractivity contribution in [1.82, 2.24) is 14.6 Å². The Bertz CT molecular complexity index is 1230.